The van der Waals surface area contributed by atoms with Crippen LogP contribution in [-0.4, -0.2) is 39.3 Å². The van der Waals surface area contributed by atoms with Gasteiger partial charge in [-0.2, -0.15) is 0 Å². The number of rotatable bonds is 3. The second-order valence-electron chi connectivity index (χ2n) is 4.94. The van der Waals surface area contributed by atoms with Crippen LogP contribution in [-0.2, 0) is 0 Å². The second kappa shape index (κ2) is 6.19. The van der Waals surface area contributed by atoms with E-state index in [1.54, 1.807) is 11.0 Å². The lowest BCUT2D eigenvalue weighted by Crippen LogP contribution is -2.21. The number of hydrogen-bond acceptors (Lipinski definition) is 5. The summed E-state index contributed by atoms with van der Waals surface area (Å²) in [6, 6.07) is 6.21. The Bertz CT molecular complexity index is 548. The molecule has 0 radical (unpaired) electrons. The lowest BCUT2D eigenvalue weighted by atomic mass is 10.1. The van der Waals surface area contributed by atoms with Crippen molar-refractivity contribution in [1.29, 1.82) is 0 Å². The maximum atomic E-state index is 6.28. The molecule has 0 aliphatic carbocycles. The van der Waals surface area contributed by atoms with E-state index in [0.717, 1.165) is 42.3 Å². The fraction of sp³-hybridized carbons (Fsp3) is 0.462. The molecule has 1 aromatic carbocycles. The Morgan fingerprint density at radius 3 is 3.10 bits per heavy atom. The van der Waals surface area contributed by atoms with Crippen LogP contribution in [0.3, 0.4) is 0 Å². The monoisotopic (exact) mass is 292 g/mol. The van der Waals surface area contributed by atoms with Gasteiger partial charge in [-0.1, -0.05) is 11.6 Å². The molecular weight excluding hydrogens is 276 g/mol. The number of nitrogens with zero attached hydrogens (tertiary/aromatic N) is 4. The highest BCUT2D eigenvalue weighted by molar-refractivity contribution is 6.33. The van der Waals surface area contributed by atoms with Crippen LogP contribution < -0.4 is 10.6 Å². The molecule has 1 aliphatic rings. The molecule has 0 bridgehead atoms. The Kier molecular flexibility index (Phi) is 4.13. The third-order valence-electron chi connectivity index (χ3n) is 3.50. The zero-order valence-electron chi connectivity index (χ0n) is 11.1. The van der Waals surface area contributed by atoms with Crippen LogP contribution in [0.2, 0.25) is 5.02 Å². The lowest BCUT2D eigenvalue weighted by Gasteiger charge is -2.19. The molecule has 2 N–H and O–H groups in total. The lowest BCUT2D eigenvalue weighted by molar-refractivity contribution is 0.637. The minimum Gasteiger partial charge on any atom is -0.381 e. The molecule has 7 heteroatoms. The topological polar surface area (TPSA) is 67.7 Å². The Hall–Kier alpha value is -1.66. The van der Waals surface area contributed by atoms with Crippen LogP contribution in [0.1, 0.15) is 19.3 Å². The molecule has 1 aliphatic heterocycles. The molecule has 0 amide bonds. The number of nitrogens with one attached hydrogen (secondary N) is 2. The number of hydrogen-bond donors (Lipinski definition) is 2. The highest BCUT2D eigenvalue weighted by Gasteiger charge is 2.13. The first-order chi connectivity index (χ1) is 9.83. The zero-order valence-corrected chi connectivity index (χ0v) is 11.8. The number of tetrazole rings is 1. The summed E-state index contributed by atoms with van der Waals surface area (Å²) in [6.07, 6.45) is 5.01. The van der Waals surface area contributed by atoms with Crippen molar-refractivity contribution in [2.24, 2.45) is 0 Å². The molecule has 1 saturated heterocycles. The van der Waals surface area contributed by atoms with Gasteiger partial charge in [0, 0.05) is 6.04 Å². The first-order valence-corrected chi connectivity index (χ1v) is 7.21. The van der Waals surface area contributed by atoms with E-state index in [0.29, 0.717) is 6.04 Å². The van der Waals surface area contributed by atoms with E-state index in [4.69, 9.17) is 11.6 Å². The third kappa shape index (κ3) is 3.08. The Morgan fingerprint density at radius 1 is 1.30 bits per heavy atom. The Morgan fingerprint density at radius 2 is 2.25 bits per heavy atom. The van der Waals surface area contributed by atoms with E-state index >= 15 is 0 Å². The van der Waals surface area contributed by atoms with E-state index in [1.807, 2.05) is 18.2 Å². The summed E-state index contributed by atoms with van der Waals surface area (Å²) in [5.74, 6) is 0. The fourth-order valence-electron chi connectivity index (χ4n) is 2.43. The van der Waals surface area contributed by atoms with Crippen molar-refractivity contribution in [3.8, 4) is 5.69 Å². The van der Waals surface area contributed by atoms with Crippen molar-refractivity contribution in [2.75, 3.05) is 18.4 Å². The van der Waals surface area contributed by atoms with E-state index in [-0.39, 0.29) is 0 Å². The minimum absolute atomic E-state index is 0.451. The van der Waals surface area contributed by atoms with Crippen LogP contribution in [0.5, 0.6) is 0 Å². The van der Waals surface area contributed by atoms with E-state index in [2.05, 4.69) is 26.2 Å². The molecule has 0 saturated carbocycles. The maximum Gasteiger partial charge on any atom is 0.143 e. The van der Waals surface area contributed by atoms with Crippen molar-refractivity contribution in [1.82, 2.24) is 25.5 Å². The Balaban J connectivity index is 1.79. The van der Waals surface area contributed by atoms with Crippen LogP contribution >= 0.6 is 11.6 Å². The van der Waals surface area contributed by atoms with E-state index < -0.39 is 0 Å². The smallest absolute Gasteiger partial charge is 0.143 e. The zero-order chi connectivity index (χ0) is 13.8. The van der Waals surface area contributed by atoms with Gasteiger partial charge in [-0.25, -0.2) is 4.68 Å². The summed E-state index contributed by atoms with van der Waals surface area (Å²) in [6.45, 7) is 2.14. The summed E-state index contributed by atoms with van der Waals surface area (Å²) < 4.78 is 1.62. The van der Waals surface area contributed by atoms with Gasteiger partial charge >= 0.3 is 0 Å². The van der Waals surface area contributed by atoms with Gasteiger partial charge in [-0.3, -0.25) is 0 Å². The fourth-order valence-corrected chi connectivity index (χ4v) is 2.60. The molecule has 6 nitrogen and oxygen atoms in total. The quantitative estimate of drug-likeness (QED) is 0.904. The highest BCUT2D eigenvalue weighted by atomic mass is 35.5. The van der Waals surface area contributed by atoms with Crippen LogP contribution in [0, 0.1) is 0 Å². The second-order valence-corrected chi connectivity index (χ2v) is 5.35. The normalized spacial score (nSPS) is 19.6. The molecule has 0 spiro atoms. The van der Waals surface area contributed by atoms with Gasteiger partial charge in [0.25, 0.3) is 0 Å². The molecule has 1 atom stereocenters. The van der Waals surface area contributed by atoms with Crippen LogP contribution in [0.25, 0.3) is 5.69 Å². The van der Waals surface area contributed by atoms with Gasteiger partial charge in [0.2, 0.25) is 0 Å². The predicted octanol–water partition coefficient (Wildman–Crippen LogP) is 1.87. The molecular formula is C13H17ClN6. The molecule has 3 rings (SSSR count). The number of anilines is 1. The number of benzene rings is 1. The van der Waals surface area contributed by atoms with Gasteiger partial charge in [0.05, 0.1) is 16.4 Å². The molecule has 1 aromatic heterocycles. The molecule has 2 aromatic rings. The van der Waals surface area contributed by atoms with Crippen molar-refractivity contribution >= 4 is 17.3 Å². The van der Waals surface area contributed by atoms with Crippen LogP contribution in [0.4, 0.5) is 5.69 Å². The molecule has 1 unspecified atom stereocenters. The summed E-state index contributed by atoms with van der Waals surface area (Å²) in [7, 11) is 0. The highest BCUT2D eigenvalue weighted by Crippen LogP contribution is 2.26. The average molecular weight is 293 g/mol. The van der Waals surface area contributed by atoms with Crippen molar-refractivity contribution < 1.29 is 0 Å². The number of halogens is 1. The molecule has 1 fully saturated rings. The summed E-state index contributed by atoms with van der Waals surface area (Å²) in [4.78, 5) is 0. The van der Waals surface area contributed by atoms with Gasteiger partial charge in [-0.05, 0) is 61.0 Å². The summed E-state index contributed by atoms with van der Waals surface area (Å²) in [5.41, 5.74) is 1.83. The van der Waals surface area contributed by atoms with Gasteiger partial charge < -0.3 is 10.6 Å². The SMILES string of the molecule is Clc1ccc(-n2cnnn2)cc1NC1CCCNCC1. The first-order valence-electron chi connectivity index (χ1n) is 6.83. The van der Waals surface area contributed by atoms with E-state index in [1.165, 1.54) is 6.42 Å². The van der Waals surface area contributed by atoms with Crippen molar-refractivity contribution in [3.63, 3.8) is 0 Å². The third-order valence-corrected chi connectivity index (χ3v) is 3.83. The van der Waals surface area contributed by atoms with Crippen LogP contribution in [0.15, 0.2) is 24.5 Å². The molecule has 2 heterocycles. The average Bonchev–Trinajstić information content (AvgIpc) is 2.87. The maximum absolute atomic E-state index is 6.28. The van der Waals surface area contributed by atoms with Crippen molar-refractivity contribution in [2.45, 2.75) is 25.3 Å². The van der Waals surface area contributed by atoms with Gasteiger partial charge in [0.15, 0.2) is 0 Å². The van der Waals surface area contributed by atoms with Gasteiger partial charge in [-0.15, -0.1) is 5.10 Å². The summed E-state index contributed by atoms with van der Waals surface area (Å²) in [5, 5.41) is 18.9. The molecule has 106 valence electrons. The predicted molar refractivity (Wildman–Crippen MR) is 78.3 cm³/mol. The van der Waals surface area contributed by atoms with E-state index in [9.17, 15) is 0 Å². The Labute approximate surface area is 122 Å². The first kappa shape index (κ1) is 13.3. The minimum atomic E-state index is 0.451. The number of aromatic nitrogens is 4. The standard InChI is InChI=1S/C13H17ClN6/c14-12-4-3-11(20-9-16-18-19-20)8-13(12)17-10-2-1-6-15-7-5-10/h3-4,8-10,15,17H,1-2,5-7H2. The van der Waals surface area contributed by atoms with Crippen molar-refractivity contribution in [3.05, 3.63) is 29.5 Å². The largest absolute Gasteiger partial charge is 0.381 e. The molecule has 20 heavy (non-hydrogen) atoms. The van der Waals surface area contributed by atoms with Gasteiger partial charge in [0.1, 0.15) is 6.33 Å². The summed E-state index contributed by atoms with van der Waals surface area (Å²) >= 11 is 6.28.